The van der Waals surface area contributed by atoms with E-state index in [0.29, 0.717) is 12.0 Å². The van der Waals surface area contributed by atoms with Crippen LogP contribution in [0.3, 0.4) is 0 Å². The van der Waals surface area contributed by atoms with E-state index in [1.54, 1.807) is 0 Å². The van der Waals surface area contributed by atoms with E-state index in [-0.39, 0.29) is 30.3 Å². The van der Waals surface area contributed by atoms with Gasteiger partial charge in [-0.2, -0.15) is 0 Å². The van der Waals surface area contributed by atoms with E-state index in [1.807, 2.05) is 0 Å². The number of nitrogens with two attached hydrogens (primary N) is 1. The summed E-state index contributed by atoms with van der Waals surface area (Å²) in [4.78, 5) is 12.6. The molecule has 0 aliphatic heterocycles. The third-order valence-electron chi connectivity index (χ3n) is 5.66. The Morgan fingerprint density at radius 1 is 1.04 bits per heavy atom. The first-order valence-electron chi connectivity index (χ1n) is 9.32. The fourth-order valence-corrected chi connectivity index (χ4v) is 4.33. The maximum Gasteiger partial charge on any atom is 0.223 e. The molecular weight excluding hydrogens is 320 g/mol. The molecule has 2 saturated carbocycles. The van der Waals surface area contributed by atoms with Crippen LogP contribution in [0.2, 0.25) is 0 Å². The minimum atomic E-state index is 0. The zero-order valence-electron chi connectivity index (χ0n) is 14.5. The van der Waals surface area contributed by atoms with Gasteiger partial charge in [0.15, 0.2) is 0 Å². The number of rotatable bonds is 4. The van der Waals surface area contributed by atoms with Gasteiger partial charge in [0.05, 0.1) is 0 Å². The van der Waals surface area contributed by atoms with Crippen LogP contribution in [-0.2, 0) is 11.2 Å². The van der Waals surface area contributed by atoms with Crippen molar-refractivity contribution in [3.05, 3.63) is 35.9 Å². The van der Waals surface area contributed by atoms with Crippen molar-refractivity contribution in [3.8, 4) is 0 Å². The highest BCUT2D eigenvalue weighted by Gasteiger charge is 2.31. The predicted octanol–water partition coefficient (Wildman–Crippen LogP) is 3.84. The molecule has 134 valence electrons. The van der Waals surface area contributed by atoms with Crippen LogP contribution in [-0.4, -0.2) is 18.0 Å². The van der Waals surface area contributed by atoms with E-state index >= 15 is 0 Å². The number of amides is 1. The van der Waals surface area contributed by atoms with Crippen LogP contribution in [0, 0.1) is 11.8 Å². The molecule has 3 rings (SSSR count). The Balaban J connectivity index is 0.00000208. The number of nitrogens with one attached hydrogen (secondary N) is 1. The van der Waals surface area contributed by atoms with Crippen LogP contribution in [0.25, 0.3) is 0 Å². The molecule has 0 bridgehead atoms. The SMILES string of the molecule is Cl.NC1CCCC(C(=O)NC2CCCCC2Cc2ccccc2)C1. The molecule has 3 nitrogen and oxygen atoms in total. The molecular formula is C20H31ClN2O. The third-order valence-corrected chi connectivity index (χ3v) is 5.66. The molecule has 1 amide bonds. The molecule has 24 heavy (non-hydrogen) atoms. The van der Waals surface area contributed by atoms with Gasteiger partial charge in [0.25, 0.3) is 0 Å². The molecule has 4 heteroatoms. The van der Waals surface area contributed by atoms with Crippen LogP contribution in [0.4, 0.5) is 0 Å². The maximum atomic E-state index is 12.6. The number of benzene rings is 1. The summed E-state index contributed by atoms with van der Waals surface area (Å²) in [6.07, 6.45) is 10.00. The summed E-state index contributed by atoms with van der Waals surface area (Å²) in [6.45, 7) is 0. The van der Waals surface area contributed by atoms with Gasteiger partial charge in [0.2, 0.25) is 5.91 Å². The molecule has 0 saturated heterocycles. The van der Waals surface area contributed by atoms with Gasteiger partial charge in [-0.05, 0) is 50.0 Å². The molecule has 3 N–H and O–H groups in total. The number of carbonyl (C=O) groups is 1. The van der Waals surface area contributed by atoms with Gasteiger partial charge in [0, 0.05) is 18.0 Å². The number of halogens is 1. The Kier molecular flexibility index (Phi) is 7.57. The zero-order chi connectivity index (χ0) is 16.1. The normalized spacial score (nSPS) is 30.2. The zero-order valence-corrected chi connectivity index (χ0v) is 15.3. The first-order valence-corrected chi connectivity index (χ1v) is 9.32. The van der Waals surface area contributed by atoms with E-state index in [2.05, 4.69) is 35.6 Å². The fraction of sp³-hybridized carbons (Fsp3) is 0.650. The Morgan fingerprint density at radius 3 is 2.54 bits per heavy atom. The Hall–Kier alpha value is -1.06. The Morgan fingerprint density at radius 2 is 1.79 bits per heavy atom. The van der Waals surface area contributed by atoms with Crippen molar-refractivity contribution in [1.29, 1.82) is 0 Å². The summed E-state index contributed by atoms with van der Waals surface area (Å²) in [6, 6.07) is 11.2. The highest BCUT2D eigenvalue weighted by Crippen LogP contribution is 2.29. The van der Waals surface area contributed by atoms with Crippen molar-refractivity contribution in [2.75, 3.05) is 0 Å². The molecule has 0 aromatic heterocycles. The monoisotopic (exact) mass is 350 g/mol. The van der Waals surface area contributed by atoms with Crippen molar-refractivity contribution in [2.24, 2.45) is 17.6 Å². The molecule has 1 aromatic rings. The summed E-state index contributed by atoms with van der Waals surface area (Å²) in [5.41, 5.74) is 7.43. The van der Waals surface area contributed by atoms with Crippen molar-refractivity contribution in [1.82, 2.24) is 5.32 Å². The lowest BCUT2D eigenvalue weighted by molar-refractivity contribution is -0.127. The van der Waals surface area contributed by atoms with Crippen molar-refractivity contribution < 1.29 is 4.79 Å². The number of carbonyl (C=O) groups excluding carboxylic acids is 1. The second kappa shape index (κ2) is 9.43. The van der Waals surface area contributed by atoms with E-state index in [9.17, 15) is 4.79 Å². The standard InChI is InChI=1S/C20H30N2O.ClH/c21-18-11-6-10-17(14-18)20(23)22-19-12-5-4-9-16(19)13-15-7-2-1-3-8-15;/h1-3,7-8,16-19H,4-6,9-14,21H2,(H,22,23);1H. The average molecular weight is 351 g/mol. The third kappa shape index (κ3) is 5.22. The molecule has 2 aliphatic rings. The summed E-state index contributed by atoms with van der Waals surface area (Å²) in [7, 11) is 0. The summed E-state index contributed by atoms with van der Waals surface area (Å²) < 4.78 is 0. The maximum absolute atomic E-state index is 12.6. The van der Waals surface area contributed by atoms with Gasteiger partial charge in [-0.3, -0.25) is 4.79 Å². The molecule has 0 radical (unpaired) electrons. The minimum Gasteiger partial charge on any atom is -0.353 e. The second-order valence-corrected chi connectivity index (χ2v) is 7.47. The van der Waals surface area contributed by atoms with Crippen LogP contribution < -0.4 is 11.1 Å². The lowest BCUT2D eigenvalue weighted by Crippen LogP contribution is -2.47. The molecule has 4 unspecified atom stereocenters. The predicted molar refractivity (Wildman–Crippen MR) is 101 cm³/mol. The van der Waals surface area contributed by atoms with E-state index in [0.717, 1.165) is 38.5 Å². The largest absolute Gasteiger partial charge is 0.353 e. The Bertz CT molecular complexity index is 508. The van der Waals surface area contributed by atoms with Gasteiger partial charge in [0.1, 0.15) is 0 Å². The second-order valence-electron chi connectivity index (χ2n) is 7.47. The van der Waals surface area contributed by atoms with Crippen molar-refractivity contribution in [2.45, 2.75) is 69.9 Å². The lowest BCUT2D eigenvalue weighted by Gasteiger charge is -2.34. The van der Waals surface area contributed by atoms with Gasteiger partial charge < -0.3 is 11.1 Å². The number of hydrogen-bond donors (Lipinski definition) is 2. The highest BCUT2D eigenvalue weighted by atomic mass is 35.5. The first-order chi connectivity index (χ1) is 11.2. The van der Waals surface area contributed by atoms with E-state index in [1.165, 1.54) is 24.8 Å². The molecule has 2 fully saturated rings. The molecule has 4 atom stereocenters. The summed E-state index contributed by atoms with van der Waals surface area (Å²) >= 11 is 0. The van der Waals surface area contributed by atoms with Crippen LogP contribution in [0.1, 0.15) is 56.9 Å². The van der Waals surface area contributed by atoms with Gasteiger partial charge in [-0.1, -0.05) is 49.6 Å². The van der Waals surface area contributed by atoms with Crippen LogP contribution in [0.5, 0.6) is 0 Å². The van der Waals surface area contributed by atoms with Crippen LogP contribution in [0.15, 0.2) is 30.3 Å². The molecule has 0 heterocycles. The molecule has 0 spiro atoms. The van der Waals surface area contributed by atoms with Crippen molar-refractivity contribution in [3.63, 3.8) is 0 Å². The quantitative estimate of drug-likeness (QED) is 0.866. The highest BCUT2D eigenvalue weighted by molar-refractivity contribution is 5.85. The lowest BCUT2D eigenvalue weighted by atomic mass is 9.79. The number of hydrogen-bond acceptors (Lipinski definition) is 2. The topological polar surface area (TPSA) is 55.1 Å². The first kappa shape index (κ1) is 19.3. The summed E-state index contributed by atoms with van der Waals surface area (Å²) in [5.74, 6) is 0.968. The van der Waals surface area contributed by atoms with Gasteiger partial charge >= 0.3 is 0 Å². The van der Waals surface area contributed by atoms with Crippen LogP contribution >= 0.6 is 12.4 Å². The van der Waals surface area contributed by atoms with E-state index in [4.69, 9.17) is 5.73 Å². The van der Waals surface area contributed by atoms with Gasteiger partial charge in [-0.25, -0.2) is 0 Å². The van der Waals surface area contributed by atoms with Gasteiger partial charge in [-0.15, -0.1) is 12.4 Å². The van der Waals surface area contributed by atoms with E-state index < -0.39 is 0 Å². The smallest absolute Gasteiger partial charge is 0.223 e. The fourth-order valence-electron chi connectivity index (χ4n) is 4.33. The Labute approximate surface area is 152 Å². The molecule has 2 aliphatic carbocycles. The summed E-state index contributed by atoms with van der Waals surface area (Å²) in [5, 5.41) is 3.38. The molecule has 1 aromatic carbocycles. The average Bonchev–Trinajstić information content (AvgIpc) is 2.57. The van der Waals surface area contributed by atoms with Crippen molar-refractivity contribution >= 4 is 18.3 Å². The minimum absolute atomic E-state index is 0.